The summed E-state index contributed by atoms with van der Waals surface area (Å²) in [5.41, 5.74) is 9.16. The van der Waals surface area contributed by atoms with Gasteiger partial charge >= 0.3 is 6.03 Å². The molecule has 0 fully saturated rings. The van der Waals surface area contributed by atoms with Crippen LogP contribution in [0.1, 0.15) is 50.7 Å². The molecule has 9 nitrogen and oxygen atoms in total. The van der Waals surface area contributed by atoms with Crippen LogP contribution in [0.25, 0.3) is 11.3 Å². The summed E-state index contributed by atoms with van der Waals surface area (Å²) in [6.07, 6.45) is 4.07. The molecule has 0 unspecified atom stereocenters. The van der Waals surface area contributed by atoms with Crippen molar-refractivity contribution in [2.45, 2.75) is 54.7 Å². The van der Waals surface area contributed by atoms with Gasteiger partial charge < -0.3 is 10.8 Å². The Labute approximate surface area is 247 Å². The number of nitrogens with two attached hydrogens (primary N) is 1. The number of fused-ring (bicyclic) bond motifs is 1. The number of urea groups is 1. The van der Waals surface area contributed by atoms with Crippen molar-refractivity contribution in [3.8, 4) is 11.4 Å². The average Bonchev–Trinajstić information content (AvgIpc) is 3.58. The second-order valence-corrected chi connectivity index (χ2v) is 13.0. The average molecular weight is 588 g/mol. The summed E-state index contributed by atoms with van der Waals surface area (Å²) in [6.45, 7) is 8.58. The highest BCUT2D eigenvalue weighted by Gasteiger charge is 2.28. The highest BCUT2D eigenvalue weighted by molar-refractivity contribution is 7.99. The van der Waals surface area contributed by atoms with Crippen LogP contribution in [0.5, 0.6) is 5.75 Å². The van der Waals surface area contributed by atoms with Gasteiger partial charge in [-0.1, -0.05) is 49.9 Å². The highest BCUT2D eigenvalue weighted by Crippen LogP contribution is 2.37. The first-order chi connectivity index (χ1) is 19.6. The van der Waals surface area contributed by atoms with E-state index in [2.05, 4.69) is 37.9 Å². The Kier molecular flexibility index (Phi) is 8.01. The fourth-order valence-corrected chi connectivity index (χ4v) is 5.69. The van der Waals surface area contributed by atoms with Gasteiger partial charge in [-0.3, -0.25) is 9.30 Å². The van der Waals surface area contributed by atoms with E-state index in [1.165, 1.54) is 4.90 Å². The number of carbonyl (C=O) groups is 1. The largest absolute Gasteiger partial charge is 0.508 e. The molecule has 0 aliphatic heterocycles. The Balaban J connectivity index is 1.54. The van der Waals surface area contributed by atoms with Crippen LogP contribution >= 0.6 is 23.5 Å². The summed E-state index contributed by atoms with van der Waals surface area (Å²) in [7, 11) is 0. The lowest BCUT2D eigenvalue weighted by Crippen LogP contribution is -2.36. The molecule has 5 rings (SSSR count). The molecule has 0 atom stereocenters. The minimum atomic E-state index is -0.605. The molecule has 11 heteroatoms. The normalized spacial score (nSPS) is 11.9. The number of amides is 2. The maximum Gasteiger partial charge on any atom is 0.320 e. The molecule has 3 N–H and O–H groups in total. The third kappa shape index (κ3) is 5.91. The number of thioether (sulfide) groups is 1. The van der Waals surface area contributed by atoms with E-state index in [1.54, 1.807) is 46.4 Å². The van der Waals surface area contributed by atoms with Gasteiger partial charge in [0.2, 0.25) is 0 Å². The molecule has 0 saturated heterocycles. The van der Waals surface area contributed by atoms with Crippen molar-refractivity contribution < 1.29 is 9.90 Å². The van der Waals surface area contributed by atoms with Crippen LogP contribution in [0.3, 0.4) is 0 Å². The number of aromatic nitrogens is 5. The number of phenols is 1. The van der Waals surface area contributed by atoms with E-state index in [4.69, 9.17) is 10.8 Å². The SMILES string of the molecule is CSC(C)(C)c1cc(N(Cc2ccccc2Sc2ccc3nnc(C(C)C)n3c2)C(N)=O)n(-c2cccc(O)c2)n1. The zero-order chi connectivity index (χ0) is 29.3. The third-order valence-corrected chi connectivity index (χ3v) is 9.21. The predicted molar refractivity (Wildman–Crippen MR) is 165 cm³/mol. The Morgan fingerprint density at radius 2 is 1.85 bits per heavy atom. The Morgan fingerprint density at radius 3 is 2.56 bits per heavy atom. The summed E-state index contributed by atoms with van der Waals surface area (Å²) in [5.74, 6) is 1.76. The third-order valence-electron chi connectivity index (χ3n) is 6.88. The van der Waals surface area contributed by atoms with E-state index >= 15 is 0 Å². The van der Waals surface area contributed by atoms with E-state index in [-0.39, 0.29) is 23.0 Å². The maximum absolute atomic E-state index is 13.0. The number of aromatic hydroxyl groups is 1. The van der Waals surface area contributed by atoms with Crippen LogP contribution in [-0.2, 0) is 11.3 Å². The second-order valence-electron chi connectivity index (χ2n) is 10.5. The molecule has 3 aromatic heterocycles. The number of primary amides is 1. The van der Waals surface area contributed by atoms with Crippen molar-refractivity contribution in [3.63, 3.8) is 0 Å². The maximum atomic E-state index is 13.0. The molecule has 0 radical (unpaired) electrons. The summed E-state index contributed by atoms with van der Waals surface area (Å²) in [4.78, 5) is 16.5. The van der Waals surface area contributed by atoms with Gasteiger partial charge in [0.25, 0.3) is 0 Å². The summed E-state index contributed by atoms with van der Waals surface area (Å²) in [5, 5.41) is 23.7. The zero-order valence-corrected chi connectivity index (χ0v) is 25.3. The molecule has 2 aromatic carbocycles. The lowest BCUT2D eigenvalue weighted by atomic mass is 10.1. The van der Waals surface area contributed by atoms with Crippen LogP contribution in [0, 0.1) is 0 Å². The molecule has 5 aromatic rings. The molecular formula is C30H33N7O2S2. The molecule has 0 aliphatic rings. The molecule has 41 heavy (non-hydrogen) atoms. The number of carbonyl (C=O) groups excluding carboxylic acids is 1. The standard InChI is InChI=1S/C30H33N7O2S2/c1-19(2)28-33-32-26-14-13-23(18-35(26)28)41-24-12-7-6-9-20(24)17-36(29(31)39)27-16-25(30(3,4)40-5)34-37(27)21-10-8-11-22(38)15-21/h6-16,18-19,38H,17H2,1-5H3,(H2,31,39). The number of anilines is 1. The number of pyridine rings is 1. The fraction of sp³-hybridized carbons (Fsp3) is 0.267. The zero-order valence-electron chi connectivity index (χ0n) is 23.6. The van der Waals surface area contributed by atoms with Crippen molar-refractivity contribution in [1.29, 1.82) is 0 Å². The van der Waals surface area contributed by atoms with Crippen LogP contribution in [0.2, 0.25) is 0 Å². The number of benzene rings is 2. The first-order valence-electron chi connectivity index (χ1n) is 13.2. The molecule has 0 saturated carbocycles. The van der Waals surface area contributed by atoms with Crippen molar-refractivity contribution in [1.82, 2.24) is 24.4 Å². The van der Waals surface area contributed by atoms with E-state index in [1.807, 2.05) is 65.4 Å². The first kappa shape index (κ1) is 28.6. The van der Waals surface area contributed by atoms with E-state index in [0.29, 0.717) is 11.5 Å². The molecular weight excluding hydrogens is 555 g/mol. The lowest BCUT2D eigenvalue weighted by Gasteiger charge is -2.23. The topological polar surface area (TPSA) is 115 Å². The first-order valence-corrected chi connectivity index (χ1v) is 15.2. The van der Waals surface area contributed by atoms with Crippen molar-refractivity contribution in [2.24, 2.45) is 5.73 Å². The predicted octanol–water partition coefficient (Wildman–Crippen LogP) is 6.58. The molecule has 0 bridgehead atoms. The molecule has 2 amide bonds. The van der Waals surface area contributed by atoms with Gasteiger partial charge in [0.05, 0.1) is 22.7 Å². The van der Waals surface area contributed by atoms with E-state index in [9.17, 15) is 9.90 Å². The number of hydrogen-bond acceptors (Lipinski definition) is 7. The Morgan fingerprint density at radius 1 is 1.07 bits per heavy atom. The van der Waals surface area contributed by atoms with Crippen LogP contribution in [0.4, 0.5) is 10.6 Å². The van der Waals surface area contributed by atoms with Crippen molar-refractivity contribution in [2.75, 3.05) is 11.2 Å². The quantitative estimate of drug-likeness (QED) is 0.200. The molecule has 0 spiro atoms. The Hall–Kier alpha value is -3.96. The van der Waals surface area contributed by atoms with Gasteiger partial charge in [0.1, 0.15) is 17.4 Å². The summed E-state index contributed by atoms with van der Waals surface area (Å²) in [6, 6.07) is 20.0. The Bertz CT molecular complexity index is 1710. The van der Waals surface area contributed by atoms with Crippen molar-refractivity contribution >= 4 is 41.0 Å². The van der Waals surface area contributed by atoms with Gasteiger partial charge in [0, 0.05) is 34.0 Å². The molecule has 212 valence electrons. The van der Waals surface area contributed by atoms with Gasteiger partial charge in [-0.15, -0.1) is 10.2 Å². The summed E-state index contributed by atoms with van der Waals surface area (Å²) >= 11 is 3.26. The van der Waals surface area contributed by atoms with E-state index < -0.39 is 6.03 Å². The van der Waals surface area contributed by atoms with Crippen LogP contribution in [-0.4, -0.2) is 41.8 Å². The number of hydrogen-bond donors (Lipinski definition) is 2. The molecule has 0 aliphatic carbocycles. The van der Waals surface area contributed by atoms with Gasteiger partial charge in [-0.25, -0.2) is 9.48 Å². The number of phenolic OH excluding ortho intramolecular Hbond substituents is 1. The smallest absolute Gasteiger partial charge is 0.320 e. The monoisotopic (exact) mass is 587 g/mol. The second kappa shape index (κ2) is 11.5. The fourth-order valence-electron chi connectivity index (χ4n) is 4.42. The van der Waals surface area contributed by atoms with Gasteiger partial charge in [0.15, 0.2) is 5.65 Å². The van der Waals surface area contributed by atoms with Crippen molar-refractivity contribution in [3.05, 3.63) is 90.0 Å². The minimum absolute atomic E-state index is 0.104. The lowest BCUT2D eigenvalue weighted by molar-refractivity contribution is 0.253. The van der Waals surface area contributed by atoms with E-state index in [0.717, 1.165) is 32.5 Å². The summed E-state index contributed by atoms with van der Waals surface area (Å²) < 4.78 is 3.37. The van der Waals surface area contributed by atoms with Crippen LogP contribution in [0.15, 0.2) is 82.7 Å². The molecule has 3 heterocycles. The minimum Gasteiger partial charge on any atom is -0.508 e. The van der Waals surface area contributed by atoms with Crippen LogP contribution < -0.4 is 10.6 Å². The number of rotatable bonds is 9. The number of nitrogens with zero attached hydrogens (tertiary/aromatic N) is 6. The van der Waals surface area contributed by atoms with Gasteiger partial charge in [-0.05, 0) is 56.0 Å². The highest BCUT2D eigenvalue weighted by atomic mass is 32.2. The van der Waals surface area contributed by atoms with Gasteiger partial charge in [-0.2, -0.15) is 16.9 Å².